The van der Waals surface area contributed by atoms with Gasteiger partial charge >= 0.3 is 0 Å². The maximum absolute atomic E-state index is 12.7. The average molecular weight is 347 g/mol. The summed E-state index contributed by atoms with van der Waals surface area (Å²) in [7, 11) is 0. The van der Waals surface area contributed by atoms with E-state index >= 15 is 0 Å². The van der Waals surface area contributed by atoms with Gasteiger partial charge in [0, 0.05) is 36.8 Å². The summed E-state index contributed by atoms with van der Waals surface area (Å²) in [5, 5.41) is 12.0. The fourth-order valence-corrected chi connectivity index (χ4v) is 3.34. The van der Waals surface area contributed by atoms with Gasteiger partial charge in [0.05, 0.1) is 19.7 Å². The fourth-order valence-electron chi connectivity index (χ4n) is 2.71. The highest BCUT2D eigenvalue weighted by atomic mass is 32.1. The molecule has 7 heteroatoms. The van der Waals surface area contributed by atoms with Crippen molar-refractivity contribution in [1.29, 1.82) is 0 Å². The van der Waals surface area contributed by atoms with Crippen LogP contribution in [0.25, 0.3) is 0 Å². The summed E-state index contributed by atoms with van der Waals surface area (Å²) in [6.45, 7) is 2.97. The normalized spacial score (nSPS) is 14.5. The Kier molecular flexibility index (Phi) is 5.79. The van der Waals surface area contributed by atoms with Gasteiger partial charge < -0.3 is 14.7 Å². The summed E-state index contributed by atoms with van der Waals surface area (Å²) < 4.78 is 5.74. The number of nitrogens with zero attached hydrogens (tertiary/aromatic N) is 3. The Labute approximate surface area is 145 Å². The summed E-state index contributed by atoms with van der Waals surface area (Å²) >= 11 is 1.51. The standard InChI is InChI=1S/C17H21N3O3S/c21-8-6-20(12-16-18-5-10-24-16)17(22)13-19-7-9-23-15-4-2-1-3-14(15)11-19/h1-5,10,21H,6-9,11-13H2. The average Bonchev–Trinajstić information content (AvgIpc) is 3.00. The van der Waals surface area contributed by atoms with Gasteiger partial charge in [-0.15, -0.1) is 11.3 Å². The molecule has 2 aromatic rings. The molecule has 1 aromatic carbocycles. The number of fused-ring (bicyclic) bond motifs is 1. The van der Waals surface area contributed by atoms with Crippen molar-refractivity contribution in [1.82, 2.24) is 14.8 Å². The number of amides is 1. The van der Waals surface area contributed by atoms with Gasteiger partial charge in [0.2, 0.25) is 5.91 Å². The molecule has 1 aliphatic heterocycles. The quantitative estimate of drug-likeness (QED) is 0.855. The number of thiazole rings is 1. The number of aliphatic hydroxyl groups excluding tert-OH is 1. The minimum Gasteiger partial charge on any atom is -0.492 e. The van der Waals surface area contributed by atoms with E-state index in [1.165, 1.54) is 11.3 Å². The minimum atomic E-state index is -0.0525. The molecule has 128 valence electrons. The van der Waals surface area contributed by atoms with E-state index in [4.69, 9.17) is 4.74 Å². The summed E-state index contributed by atoms with van der Waals surface area (Å²) in [5.74, 6) is 0.890. The molecule has 0 aliphatic carbocycles. The highest BCUT2D eigenvalue weighted by Gasteiger charge is 2.21. The number of para-hydroxylation sites is 1. The molecule has 0 radical (unpaired) electrons. The van der Waals surface area contributed by atoms with Crippen molar-refractivity contribution in [2.75, 3.05) is 32.8 Å². The molecule has 0 atom stereocenters. The molecule has 3 rings (SSSR count). The zero-order chi connectivity index (χ0) is 16.8. The largest absolute Gasteiger partial charge is 0.492 e. The summed E-state index contributed by atoms with van der Waals surface area (Å²) in [6.07, 6.45) is 1.73. The first kappa shape index (κ1) is 16.9. The lowest BCUT2D eigenvalue weighted by molar-refractivity contribution is -0.133. The first-order chi connectivity index (χ1) is 11.8. The Morgan fingerprint density at radius 3 is 3.08 bits per heavy atom. The van der Waals surface area contributed by atoms with Crippen molar-refractivity contribution in [2.45, 2.75) is 13.1 Å². The Bertz CT molecular complexity index is 663. The fraction of sp³-hybridized carbons (Fsp3) is 0.412. The Morgan fingerprint density at radius 2 is 2.29 bits per heavy atom. The number of aliphatic hydroxyl groups is 1. The second kappa shape index (κ2) is 8.23. The Hall–Kier alpha value is -1.96. The number of benzene rings is 1. The highest BCUT2D eigenvalue weighted by Crippen LogP contribution is 2.22. The third-order valence-corrected chi connectivity index (χ3v) is 4.69. The molecule has 1 amide bonds. The smallest absolute Gasteiger partial charge is 0.237 e. The van der Waals surface area contributed by atoms with E-state index in [2.05, 4.69) is 9.88 Å². The number of aromatic nitrogens is 1. The van der Waals surface area contributed by atoms with Crippen LogP contribution < -0.4 is 4.74 Å². The third kappa shape index (κ3) is 4.31. The van der Waals surface area contributed by atoms with Crippen molar-refractivity contribution in [3.8, 4) is 5.75 Å². The van der Waals surface area contributed by atoms with E-state index in [-0.39, 0.29) is 12.5 Å². The van der Waals surface area contributed by atoms with Crippen molar-refractivity contribution < 1.29 is 14.6 Å². The van der Waals surface area contributed by atoms with Crippen LogP contribution in [0.4, 0.5) is 0 Å². The van der Waals surface area contributed by atoms with Gasteiger partial charge in [0.25, 0.3) is 0 Å². The van der Waals surface area contributed by atoms with E-state index in [1.54, 1.807) is 11.1 Å². The maximum Gasteiger partial charge on any atom is 0.237 e. The monoisotopic (exact) mass is 347 g/mol. The number of carbonyl (C=O) groups is 1. The van der Waals surface area contributed by atoms with Crippen LogP contribution in [0.15, 0.2) is 35.8 Å². The van der Waals surface area contributed by atoms with E-state index in [0.717, 1.165) is 16.3 Å². The van der Waals surface area contributed by atoms with Crippen LogP contribution in [0.2, 0.25) is 0 Å². The lowest BCUT2D eigenvalue weighted by Gasteiger charge is -2.25. The van der Waals surface area contributed by atoms with Gasteiger partial charge in [-0.2, -0.15) is 0 Å². The zero-order valence-corrected chi connectivity index (χ0v) is 14.2. The molecule has 0 unspecified atom stereocenters. The van der Waals surface area contributed by atoms with E-state index < -0.39 is 0 Å². The second-order valence-electron chi connectivity index (χ2n) is 5.63. The van der Waals surface area contributed by atoms with Gasteiger partial charge in [-0.3, -0.25) is 9.69 Å². The molecule has 24 heavy (non-hydrogen) atoms. The lowest BCUT2D eigenvalue weighted by Crippen LogP contribution is -2.41. The summed E-state index contributed by atoms with van der Waals surface area (Å²) in [4.78, 5) is 20.6. The molecule has 6 nitrogen and oxygen atoms in total. The summed E-state index contributed by atoms with van der Waals surface area (Å²) in [5.41, 5.74) is 1.09. The molecular weight excluding hydrogens is 326 g/mol. The predicted octanol–water partition coefficient (Wildman–Crippen LogP) is 1.36. The first-order valence-electron chi connectivity index (χ1n) is 7.96. The van der Waals surface area contributed by atoms with Gasteiger partial charge in [0.15, 0.2) is 0 Å². The topological polar surface area (TPSA) is 65.9 Å². The summed E-state index contributed by atoms with van der Waals surface area (Å²) in [6, 6.07) is 7.92. The van der Waals surface area contributed by atoms with Gasteiger partial charge in [-0.05, 0) is 6.07 Å². The van der Waals surface area contributed by atoms with Crippen LogP contribution in [-0.2, 0) is 17.9 Å². The Morgan fingerprint density at radius 1 is 1.42 bits per heavy atom. The van der Waals surface area contributed by atoms with Crippen LogP contribution in [0, 0.1) is 0 Å². The molecule has 0 spiro atoms. The van der Waals surface area contributed by atoms with E-state index in [0.29, 0.717) is 39.3 Å². The first-order valence-corrected chi connectivity index (χ1v) is 8.84. The van der Waals surface area contributed by atoms with Crippen LogP contribution in [0.1, 0.15) is 10.6 Å². The van der Waals surface area contributed by atoms with E-state index in [9.17, 15) is 9.90 Å². The molecule has 1 aliphatic rings. The molecule has 2 heterocycles. The number of ether oxygens (including phenoxy) is 1. The van der Waals surface area contributed by atoms with Crippen molar-refractivity contribution in [3.63, 3.8) is 0 Å². The molecule has 0 bridgehead atoms. The molecule has 1 aromatic heterocycles. The molecule has 0 fully saturated rings. The van der Waals surface area contributed by atoms with Gasteiger partial charge in [0.1, 0.15) is 17.4 Å². The molecule has 0 saturated carbocycles. The number of rotatable bonds is 6. The van der Waals surface area contributed by atoms with Crippen LogP contribution in [-0.4, -0.2) is 58.6 Å². The SMILES string of the molecule is O=C(CN1CCOc2ccccc2C1)N(CCO)Cc1nccs1. The van der Waals surface area contributed by atoms with E-state index in [1.807, 2.05) is 29.6 Å². The molecular formula is C17H21N3O3S. The van der Waals surface area contributed by atoms with Crippen LogP contribution in [0.3, 0.4) is 0 Å². The van der Waals surface area contributed by atoms with Crippen LogP contribution >= 0.6 is 11.3 Å². The van der Waals surface area contributed by atoms with Gasteiger partial charge in [-0.25, -0.2) is 4.98 Å². The molecule has 0 saturated heterocycles. The van der Waals surface area contributed by atoms with Gasteiger partial charge in [-0.1, -0.05) is 18.2 Å². The number of carbonyl (C=O) groups excluding carboxylic acids is 1. The number of hydrogen-bond donors (Lipinski definition) is 1. The molecule has 1 N–H and O–H groups in total. The Balaban J connectivity index is 1.63. The second-order valence-corrected chi connectivity index (χ2v) is 6.61. The minimum absolute atomic E-state index is 0.00127. The number of hydrogen-bond acceptors (Lipinski definition) is 6. The lowest BCUT2D eigenvalue weighted by atomic mass is 10.2. The van der Waals surface area contributed by atoms with Crippen LogP contribution in [0.5, 0.6) is 5.75 Å². The maximum atomic E-state index is 12.7. The van der Waals surface area contributed by atoms with Crippen molar-refractivity contribution >= 4 is 17.2 Å². The third-order valence-electron chi connectivity index (χ3n) is 3.92. The zero-order valence-electron chi connectivity index (χ0n) is 13.4. The van der Waals surface area contributed by atoms with Crippen molar-refractivity contribution in [2.24, 2.45) is 0 Å². The van der Waals surface area contributed by atoms with Crippen molar-refractivity contribution in [3.05, 3.63) is 46.4 Å². The highest BCUT2D eigenvalue weighted by molar-refractivity contribution is 7.09. The predicted molar refractivity (Wildman–Crippen MR) is 91.8 cm³/mol.